The van der Waals surface area contributed by atoms with E-state index in [1.807, 2.05) is 24.4 Å². The minimum Gasteiger partial charge on any atom is -0.381 e. The number of fused-ring (bicyclic) bond motifs is 1. The predicted octanol–water partition coefficient (Wildman–Crippen LogP) is 3.66. The fourth-order valence-electron chi connectivity index (χ4n) is 9.61. The Labute approximate surface area is 265 Å². The number of ether oxygens (including phenoxy) is 1. The number of carbonyl (C=O) groups excluding carboxylic acids is 2. The number of benzene rings is 1. The Hall–Kier alpha value is -3.57. The molecule has 45 heavy (non-hydrogen) atoms. The van der Waals surface area contributed by atoms with Gasteiger partial charge in [0.05, 0.1) is 29.8 Å². The first-order valence-corrected chi connectivity index (χ1v) is 16.9. The van der Waals surface area contributed by atoms with Gasteiger partial charge in [0, 0.05) is 63.4 Å². The van der Waals surface area contributed by atoms with Crippen LogP contribution in [-0.4, -0.2) is 86.5 Å². The van der Waals surface area contributed by atoms with Crippen LogP contribution in [-0.2, 0) is 14.4 Å². The number of nitrogens with zero attached hydrogens (tertiary/aromatic N) is 5. The van der Waals surface area contributed by atoms with Gasteiger partial charge in [-0.25, -0.2) is 14.8 Å². The molecule has 7 aliphatic rings. The van der Waals surface area contributed by atoms with Gasteiger partial charge in [-0.1, -0.05) is 12.1 Å². The van der Waals surface area contributed by atoms with Crippen molar-refractivity contribution in [2.75, 3.05) is 67.3 Å². The van der Waals surface area contributed by atoms with E-state index in [-0.39, 0.29) is 29.2 Å². The second-order valence-electron chi connectivity index (χ2n) is 14.1. The number of carbonyl (C=O) groups is 2. The second kappa shape index (κ2) is 11.7. The lowest BCUT2D eigenvalue weighted by molar-refractivity contribution is -0.145. The molecule has 240 valence electrons. The Morgan fingerprint density at radius 3 is 2.33 bits per heavy atom. The molecule has 9 rings (SSSR count). The van der Waals surface area contributed by atoms with Crippen LogP contribution in [0.5, 0.6) is 0 Å². The van der Waals surface area contributed by atoms with E-state index < -0.39 is 6.09 Å². The molecule has 4 bridgehead atoms. The Morgan fingerprint density at radius 1 is 0.911 bits per heavy atom. The summed E-state index contributed by atoms with van der Waals surface area (Å²) in [5.41, 5.74) is 8.44. The maximum Gasteiger partial charge on any atom is 0.431 e. The van der Waals surface area contributed by atoms with E-state index in [1.54, 1.807) is 5.06 Å². The van der Waals surface area contributed by atoms with Crippen molar-refractivity contribution in [3.8, 4) is 0 Å². The van der Waals surface area contributed by atoms with Crippen LogP contribution in [0, 0.1) is 23.2 Å². The van der Waals surface area contributed by atoms with Crippen molar-refractivity contribution in [2.24, 2.45) is 28.9 Å². The predicted molar refractivity (Wildman–Crippen MR) is 171 cm³/mol. The van der Waals surface area contributed by atoms with Crippen molar-refractivity contribution in [2.45, 2.75) is 57.0 Å². The third-order valence-corrected chi connectivity index (χ3v) is 11.6. The fraction of sp³-hybridized carbons (Fsp3) is 0.618. The molecule has 3 unspecified atom stereocenters. The lowest BCUT2D eigenvalue weighted by Gasteiger charge is -2.58. The summed E-state index contributed by atoms with van der Waals surface area (Å²) >= 11 is 0. The summed E-state index contributed by atoms with van der Waals surface area (Å²) in [4.78, 5) is 43.7. The lowest BCUT2D eigenvalue weighted by Crippen LogP contribution is -2.62. The van der Waals surface area contributed by atoms with Crippen molar-refractivity contribution in [1.29, 1.82) is 0 Å². The number of nitrogens with one attached hydrogen (secondary N) is 1. The molecule has 4 aliphatic carbocycles. The van der Waals surface area contributed by atoms with Crippen LogP contribution in [0.15, 0.2) is 42.6 Å². The number of para-hydroxylation sites is 2. The van der Waals surface area contributed by atoms with Crippen LogP contribution in [0.4, 0.5) is 27.7 Å². The molecule has 1 aromatic heterocycles. The van der Waals surface area contributed by atoms with Gasteiger partial charge in [-0.3, -0.25) is 9.69 Å². The van der Waals surface area contributed by atoms with Gasteiger partial charge in [-0.2, -0.15) is 0 Å². The van der Waals surface area contributed by atoms with E-state index in [4.69, 9.17) is 20.3 Å². The highest BCUT2D eigenvalue weighted by atomic mass is 16.7. The van der Waals surface area contributed by atoms with Crippen molar-refractivity contribution < 1.29 is 19.2 Å². The van der Waals surface area contributed by atoms with Crippen molar-refractivity contribution in [1.82, 2.24) is 15.2 Å². The quantitative estimate of drug-likeness (QED) is 0.502. The first kappa shape index (κ1) is 28.9. The van der Waals surface area contributed by atoms with E-state index in [1.165, 1.54) is 0 Å². The average Bonchev–Trinajstić information content (AvgIpc) is 3.07. The molecule has 2 aromatic rings. The molecule has 4 saturated carbocycles. The molecule has 0 spiro atoms. The van der Waals surface area contributed by atoms with E-state index >= 15 is 0 Å². The van der Waals surface area contributed by atoms with E-state index in [0.29, 0.717) is 25.0 Å². The number of primary amides is 1. The molecule has 2 saturated heterocycles. The maximum atomic E-state index is 13.3. The van der Waals surface area contributed by atoms with Crippen molar-refractivity contribution in [3.05, 3.63) is 42.6 Å². The summed E-state index contributed by atoms with van der Waals surface area (Å²) in [6.07, 6.45) is 8.42. The molecule has 11 nitrogen and oxygen atoms in total. The zero-order valence-corrected chi connectivity index (χ0v) is 26.0. The van der Waals surface area contributed by atoms with E-state index in [2.05, 4.69) is 38.2 Å². The highest BCUT2D eigenvalue weighted by Crippen LogP contribution is 2.60. The molecule has 3 aliphatic heterocycles. The number of hydrogen-bond donors (Lipinski definition) is 2. The molecule has 6 fully saturated rings. The van der Waals surface area contributed by atoms with Gasteiger partial charge >= 0.3 is 6.09 Å². The normalized spacial score (nSPS) is 31.5. The Kier molecular flexibility index (Phi) is 7.48. The van der Waals surface area contributed by atoms with Gasteiger partial charge < -0.3 is 30.4 Å². The van der Waals surface area contributed by atoms with E-state index in [9.17, 15) is 9.59 Å². The first-order valence-electron chi connectivity index (χ1n) is 16.9. The molecule has 0 radical (unpaired) electrons. The number of rotatable bonds is 6. The number of aromatic nitrogens is 1. The second-order valence-corrected chi connectivity index (χ2v) is 14.1. The lowest BCUT2D eigenvalue weighted by atomic mass is 9.47. The van der Waals surface area contributed by atoms with E-state index in [0.717, 1.165) is 107 Å². The maximum absolute atomic E-state index is 13.3. The van der Waals surface area contributed by atoms with Gasteiger partial charge in [0.15, 0.2) is 0 Å². The van der Waals surface area contributed by atoms with Crippen LogP contribution in [0.25, 0.3) is 0 Å². The number of nitrogens with two attached hydrogens (primary N) is 1. The van der Waals surface area contributed by atoms with Crippen LogP contribution in [0.2, 0.25) is 0 Å². The molecule has 4 heterocycles. The standard InChI is InChI=1S/C34H45N7O4/c35-32(42)34-19-23-17-24(20-34)31(25(18-23)21-34)37-33(43)45-41-14-13-40(28-3-1-2-4-29(28)41)30-6-5-27(22-36-30)39-11-9-38(10-12-39)26-7-15-44-16-8-26/h1-6,22-26,31H,7-21H2,(H2,35,42)(H,37,43)/t23?,24-,25+,31?,34?. The molecule has 1 aromatic carbocycles. The van der Waals surface area contributed by atoms with Gasteiger partial charge in [0.1, 0.15) is 5.82 Å². The highest BCUT2D eigenvalue weighted by Gasteiger charge is 2.58. The van der Waals surface area contributed by atoms with Crippen LogP contribution >= 0.6 is 0 Å². The zero-order chi connectivity index (χ0) is 30.5. The van der Waals surface area contributed by atoms with Gasteiger partial charge in [0.2, 0.25) is 5.91 Å². The van der Waals surface area contributed by atoms with Gasteiger partial charge in [-0.15, -0.1) is 0 Å². The van der Waals surface area contributed by atoms with Crippen molar-refractivity contribution >= 4 is 34.9 Å². The third-order valence-electron chi connectivity index (χ3n) is 11.6. The molecule has 3 N–H and O–H groups in total. The molecular weight excluding hydrogens is 570 g/mol. The summed E-state index contributed by atoms with van der Waals surface area (Å²) in [6, 6.07) is 13.0. The highest BCUT2D eigenvalue weighted by molar-refractivity contribution is 5.82. The summed E-state index contributed by atoms with van der Waals surface area (Å²) in [7, 11) is 0. The molecular formula is C34H45N7O4. The van der Waals surface area contributed by atoms with Crippen molar-refractivity contribution in [3.63, 3.8) is 0 Å². The summed E-state index contributed by atoms with van der Waals surface area (Å²) in [6.45, 7) is 7.09. The summed E-state index contributed by atoms with van der Waals surface area (Å²) in [5.74, 6) is 1.83. The summed E-state index contributed by atoms with van der Waals surface area (Å²) in [5, 5.41) is 4.91. The summed E-state index contributed by atoms with van der Waals surface area (Å²) < 4.78 is 5.55. The number of hydrogen-bond acceptors (Lipinski definition) is 9. The van der Waals surface area contributed by atoms with Gasteiger partial charge in [-0.05, 0) is 87.0 Å². The Bertz CT molecular complexity index is 1390. The minimum absolute atomic E-state index is 0.0330. The van der Waals surface area contributed by atoms with Crippen LogP contribution in [0.1, 0.15) is 44.9 Å². The third kappa shape index (κ3) is 5.37. The zero-order valence-electron chi connectivity index (χ0n) is 26.0. The SMILES string of the molecule is NC(=O)C12CC3C[C@H](C1)C(NC(=O)ON1CCN(c4ccc(N5CCN(C6CCOCC6)CC5)cn4)c4ccccc41)[C@@H](C3)C2. The smallest absolute Gasteiger partial charge is 0.381 e. The Morgan fingerprint density at radius 2 is 1.64 bits per heavy atom. The van der Waals surface area contributed by atoms with Crippen LogP contribution < -0.4 is 25.9 Å². The average molecular weight is 616 g/mol. The largest absolute Gasteiger partial charge is 0.431 e. The molecule has 5 atom stereocenters. The number of pyridine rings is 1. The molecule has 11 heteroatoms. The topological polar surface area (TPSA) is 116 Å². The fourth-order valence-corrected chi connectivity index (χ4v) is 9.61. The number of amides is 2. The minimum atomic E-state index is -0.428. The van der Waals surface area contributed by atoms with Gasteiger partial charge in [0.25, 0.3) is 0 Å². The van der Waals surface area contributed by atoms with Crippen LogP contribution in [0.3, 0.4) is 0 Å². The number of anilines is 4. The monoisotopic (exact) mass is 615 g/mol. The molecule has 2 amide bonds. The Balaban J connectivity index is 0.900. The number of hydroxylamine groups is 1. The first-order chi connectivity index (χ1) is 22.0. The number of piperazine rings is 1.